The monoisotopic (exact) mass is 249 g/mol. The molecule has 0 bridgehead atoms. The van der Waals surface area contributed by atoms with E-state index in [9.17, 15) is 9.11 Å². The first-order valence-electron chi connectivity index (χ1n) is 4.68. The zero-order valence-corrected chi connectivity index (χ0v) is 10.1. The zero-order valence-electron chi connectivity index (χ0n) is 9.07. The van der Waals surface area contributed by atoms with Gasteiger partial charge in [-0.15, -0.1) is 0 Å². The number of hydrogen-bond donors (Lipinski definition) is 3. The number of methoxy groups -OCH3 is 1. The van der Waals surface area contributed by atoms with Crippen LogP contribution in [0, 0.1) is 0 Å². The highest BCUT2D eigenvalue weighted by Gasteiger charge is 2.12. The fourth-order valence-electron chi connectivity index (χ4n) is 0.921. The molecule has 91 valence electrons. The first-order chi connectivity index (χ1) is 7.61. The van der Waals surface area contributed by atoms with Gasteiger partial charge >= 0.3 is 13.2 Å². The Morgan fingerprint density at radius 1 is 1.75 bits per heavy atom. The average molecular weight is 249 g/mol. The summed E-state index contributed by atoms with van der Waals surface area (Å²) in [5, 5.41) is 2.56. The second kappa shape index (κ2) is 9.36. The van der Waals surface area contributed by atoms with Crippen molar-refractivity contribution in [1.82, 2.24) is 5.09 Å². The Hall–Kier alpha value is -0.875. The van der Waals surface area contributed by atoms with Crippen molar-refractivity contribution < 1.29 is 13.8 Å². The fraction of sp³-hybridized carbons (Fsp3) is 0.714. The maximum Gasteiger partial charge on any atom is 0.405 e. The van der Waals surface area contributed by atoms with Crippen LogP contribution in [-0.4, -0.2) is 38.9 Å². The third-order valence-corrected chi connectivity index (χ3v) is 2.22. The van der Waals surface area contributed by atoms with Gasteiger partial charge in [-0.05, 0) is 21.5 Å². The largest absolute Gasteiger partial charge is 0.468 e. The summed E-state index contributed by atoms with van der Waals surface area (Å²) in [6.07, 6.45) is 1.09. The van der Waals surface area contributed by atoms with Gasteiger partial charge in [0.2, 0.25) is 0 Å². The van der Waals surface area contributed by atoms with E-state index in [1.807, 2.05) is 0 Å². The lowest BCUT2D eigenvalue weighted by molar-refractivity contribution is -0.142. The van der Waals surface area contributed by atoms with Crippen LogP contribution in [0.3, 0.4) is 0 Å². The minimum atomic E-state index is -0.629. The highest BCUT2D eigenvalue weighted by molar-refractivity contribution is 7.68. The molecule has 0 saturated carbocycles. The van der Waals surface area contributed by atoms with Gasteiger partial charge in [0.05, 0.1) is 7.11 Å². The molecule has 0 aliphatic carbocycles. The van der Waals surface area contributed by atoms with Crippen LogP contribution in [-0.2, 0) is 9.53 Å². The summed E-state index contributed by atoms with van der Waals surface area (Å²) in [6, 6.07) is -0.629. The van der Waals surface area contributed by atoms with Crippen molar-refractivity contribution in [3.8, 4) is 0 Å². The van der Waals surface area contributed by atoms with Crippen LogP contribution in [0.25, 0.3) is 0 Å². The third kappa shape index (κ3) is 7.42. The van der Waals surface area contributed by atoms with E-state index < -0.39 is 12.0 Å². The summed E-state index contributed by atoms with van der Waals surface area (Å²) >= 11 is 0. The van der Waals surface area contributed by atoms with Crippen molar-refractivity contribution in [1.29, 1.82) is 0 Å². The van der Waals surface area contributed by atoms with Gasteiger partial charge in [-0.2, -0.15) is 0 Å². The molecule has 1 unspecified atom stereocenters. The molecule has 0 aromatic rings. The van der Waals surface area contributed by atoms with Gasteiger partial charge < -0.3 is 25.6 Å². The van der Waals surface area contributed by atoms with Crippen molar-refractivity contribution in [2.45, 2.75) is 18.9 Å². The Labute approximate surface area is 96.5 Å². The Kier molecular flexibility index (Phi) is 8.85. The number of guanidine groups is 1. The Morgan fingerprint density at radius 3 is 3.00 bits per heavy atom. The number of nitrogens with one attached hydrogen (secondary N) is 1. The number of nitrogens with zero attached hydrogens (tertiary/aromatic N) is 1. The maximum absolute atomic E-state index is 11.6. The summed E-state index contributed by atoms with van der Waals surface area (Å²) < 4.78 is 16.1. The van der Waals surface area contributed by atoms with E-state index in [0.29, 0.717) is 26.7 Å². The minimum Gasteiger partial charge on any atom is -0.468 e. The SMILES string of the molecule is COC(=O)[C@@H](N)CCCN=C(N)NP[B]F. The second-order valence-corrected chi connectivity index (χ2v) is 3.67. The number of carbonyl (C=O) groups is 1. The normalized spacial score (nSPS) is 13.8. The Balaban J connectivity index is 3.62. The van der Waals surface area contributed by atoms with Crippen molar-refractivity contribution in [3.63, 3.8) is 0 Å². The number of hydrogen-bond acceptors (Lipinski definition) is 4. The molecule has 0 aliphatic heterocycles. The fourth-order valence-corrected chi connectivity index (χ4v) is 1.20. The smallest absolute Gasteiger partial charge is 0.405 e. The standard InChI is InChI=1S/C7H16BFN4O2P/c1-15-6(14)5(10)3-2-4-12-7(11)13-16-8-9/h5,16H,2-4,10H2,1H3,(H3,11,12,13)/t5-/m0/s1. The van der Waals surface area contributed by atoms with Gasteiger partial charge in [0, 0.05) is 6.54 Å². The van der Waals surface area contributed by atoms with Gasteiger partial charge in [-0.1, -0.05) is 0 Å². The first-order valence-corrected chi connectivity index (χ1v) is 5.76. The molecule has 0 rings (SSSR count). The van der Waals surface area contributed by atoms with E-state index in [1.54, 1.807) is 0 Å². The number of carbonyl (C=O) groups excluding carboxylic acids is 1. The average Bonchev–Trinajstić information content (AvgIpc) is 2.30. The molecule has 16 heavy (non-hydrogen) atoms. The summed E-state index contributed by atoms with van der Waals surface area (Å²) in [4.78, 5) is 14.8. The number of esters is 1. The summed E-state index contributed by atoms with van der Waals surface area (Å²) in [5.41, 5.74) is 10.9. The topological polar surface area (TPSA) is 103 Å². The van der Waals surface area contributed by atoms with Crippen LogP contribution in [0.4, 0.5) is 4.32 Å². The Morgan fingerprint density at radius 2 is 2.44 bits per heavy atom. The van der Waals surface area contributed by atoms with Crippen molar-refractivity contribution in [2.75, 3.05) is 13.7 Å². The number of aliphatic imine (C=N–C) groups is 1. The third-order valence-electron chi connectivity index (χ3n) is 1.71. The summed E-state index contributed by atoms with van der Waals surface area (Å²) in [7, 11) is 1.56. The Bertz CT molecular complexity index is 244. The van der Waals surface area contributed by atoms with E-state index in [0.717, 1.165) is 0 Å². The summed E-state index contributed by atoms with van der Waals surface area (Å²) in [6.45, 7) is 0.431. The van der Waals surface area contributed by atoms with Crippen LogP contribution in [0.2, 0.25) is 0 Å². The first kappa shape index (κ1) is 15.1. The lowest BCUT2D eigenvalue weighted by Gasteiger charge is -2.07. The molecular weight excluding hydrogens is 233 g/mol. The van der Waals surface area contributed by atoms with Crippen LogP contribution in [0.15, 0.2) is 4.99 Å². The lowest BCUT2D eigenvalue weighted by atomic mass is 10.2. The molecule has 0 amide bonds. The number of rotatable bonds is 7. The molecule has 0 aromatic carbocycles. The number of nitrogens with two attached hydrogens (primary N) is 2. The quantitative estimate of drug-likeness (QED) is 0.138. The second-order valence-electron chi connectivity index (χ2n) is 2.92. The molecule has 1 radical (unpaired) electrons. The van der Waals surface area contributed by atoms with Crippen LogP contribution >= 0.6 is 8.61 Å². The van der Waals surface area contributed by atoms with Crippen molar-refractivity contribution in [3.05, 3.63) is 0 Å². The minimum absolute atomic E-state index is 0.180. The van der Waals surface area contributed by atoms with Crippen LogP contribution in [0.5, 0.6) is 0 Å². The molecular formula is C7H16BFN4O2P. The molecule has 5 N–H and O–H groups in total. The van der Waals surface area contributed by atoms with Gasteiger partial charge in [0.25, 0.3) is 0 Å². The predicted octanol–water partition coefficient (Wildman–Crippen LogP) is -0.732. The van der Waals surface area contributed by atoms with E-state index in [4.69, 9.17) is 11.5 Å². The van der Waals surface area contributed by atoms with Crippen molar-refractivity contribution >= 4 is 27.8 Å². The molecule has 0 spiro atoms. The molecule has 0 fully saturated rings. The highest BCUT2D eigenvalue weighted by atomic mass is 31.1. The molecule has 0 heterocycles. The molecule has 9 heteroatoms. The van der Waals surface area contributed by atoms with Crippen LogP contribution < -0.4 is 16.6 Å². The van der Waals surface area contributed by atoms with E-state index in [1.165, 1.54) is 7.11 Å². The maximum atomic E-state index is 11.6. The molecule has 0 aromatic heterocycles. The van der Waals surface area contributed by atoms with Gasteiger partial charge in [0.1, 0.15) is 6.04 Å². The van der Waals surface area contributed by atoms with Crippen LogP contribution in [0.1, 0.15) is 12.8 Å². The zero-order chi connectivity index (χ0) is 12.4. The van der Waals surface area contributed by atoms with E-state index in [2.05, 4.69) is 14.8 Å². The molecule has 2 atom stereocenters. The molecule has 0 saturated heterocycles. The summed E-state index contributed by atoms with van der Waals surface area (Å²) in [5.74, 6) is -0.262. The number of halogens is 1. The predicted molar refractivity (Wildman–Crippen MR) is 64.0 cm³/mol. The molecule has 6 nitrogen and oxygen atoms in total. The number of ether oxygens (including phenoxy) is 1. The van der Waals surface area contributed by atoms with E-state index in [-0.39, 0.29) is 14.6 Å². The lowest BCUT2D eigenvalue weighted by Crippen LogP contribution is -2.31. The van der Waals surface area contributed by atoms with Crippen molar-refractivity contribution in [2.24, 2.45) is 16.5 Å². The van der Waals surface area contributed by atoms with E-state index >= 15 is 0 Å². The molecule has 0 aliphatic rings. The van der Waals surface area contributed by atoms with Gasteiger partial charge in [-0.3, -0.25) is 9.79 Å². The highest BCUT2D eigenvalue weighted by Crippen LogP contribution is 1.99. The van der Waals surface area contributed by atoms with Gasteiger partial charge in [0.15, 0.2) is 5.96 Å². The van der Waals surface area contributed by atoms with Gasteiger partial charge in [-0.25, -0.2) is 0 Å².